The fourth-order valence-corrected chi connectivity index (χ4v) is 2.34. The van der Waals surface area contributed by atoms with Crippen molar-refractivity contribution in [3.05, 3.63) is 27.3 Å². The molecule has 0 aromatic heterocycles. The molecule has 1 rings (SSSR count). The number of rotatable bonds is 3. The van der Waals surface area contributed by atoms with Crippen molar-refractivity contribution >= 4 is 38.3 Å². The summed E-state index contributed by atoms with van der Waals surface area (Å²) in [6, 6.07) is 5.60. The number of benzene rings is 1. The predicted molar refractivity (Wildman–Crippen MR) is 67.0 cm³/mol. The van der Waals surface area contributed by atoms with Crippen LogP contribution in [0.1, 0.15) is 12.5 Å². The average molecular weight is 325 g/mol. The molecule has 0 radical (unpaired) electrons. The molecule has 78 valence electrons. The topological polar surface area (TPSA) is 46.2 Å². The van der Waals surface area contributed by atoms with Crippen molar-refractivity contribution in [3.8, 4) is 0 Å². The quantitative estimate of drug-likeness (QED) is 0.867. The van der Waals surface area contributed by atoms with Gasteiger partial charge in [-0.05, 0) is 60.2 Å². The summed E-state index contributed by atoms with van der Waals surface area (Å²) in [6.07, 6.45) is 0. The summed E-state index contributed by atoms with van der Waals surface area (Å²) in [5.41, 5.74) is 1.60. The molecule has 0 atom stereocenters. The second-order valence-electron chi connectivity index (χ2n) is 2.96. The fourth-order valence-electron chi connectivity index (χ4n) is 0.981. The first-order valence-electron chi connectivity index (χ1n) is 4.21. The molecular weight excluding hydrogens is 313 g/mol. The SMILES string of the molecule is CCS(=O)(=O)Nc1ccc(I)cc1C. The minimum Gasteiger partial charge on any atom is -0.283 e. The Bertz CT molecular complexity index is 428. The van der Waals surface area contributed by atoms with E-state index in [-0.39, 0.29) is 5.75 Å². The molecule has 5 heteroatoms. The van der Waals surface area contributed by atoms with E-state index in [0.717, 1.165) is 9.13 Å². The van der Waals surface area contributed by atoms with Crippen molar-refractivity contribution in [2.75, 3.05) is 10.5 Å². The molecule has 1 aromatic carbocycles. The van der Waals surface area contributed by atoms with Crippen molar-refractivity contribution in [1.82, 2.24) is 0 Å². The summed E-state index contributed by atoms with van der Waals surface area (Å²) in [5.74, 6) is 0.0957. The van der Waals surface area contributed by atoms with Gasteiger partial charge in [-0.3, -0.25) is 4.72 Å². The van der Waals surface area contributed by atoms with Crippen LogP contribution in [0.4, 0.5) is 5.69 Å². The summed E-state index contributed by atoms with van der Waals surface area (Å²) in [6.45, 7) is 3.50. The molecule has 3 nitrogen and oxygen atoms in total. The molecule has 1 aromatic rings. The van der Waals surface area contributed by atoms with Gasteiger partial charge in [0.25, 0.3) is 0 Å². The van der Waals surface area contributed by atoms with Crippen LogP contribution in [0, 0.1) is 10.5 Å². The summed E-state index contributed by atoms with van der Waals surface area (Å²) in [7, 11) is -3.16. The number of sulfonamides is 1. The van der Waals surface area contributed by atoms with E-state index in [2.05, 4.69) is 27.3 Å². The molecule has 0 spiro atoms. The van der Waals surface area contributed by atoms with Gasteiger partial charge in [0, 0.05) is 3.57 Å². The van der Waals surface area contributed by atoms with Crippen LogP contribution < -0.4 is 4.72 Å². The zero-order valence-electron chi connectivity index (χ0n) is 8.04. The first kappa shape index (κ1) is 11.8. The van der Waals surface area contributed by atoms with Gasteiger partial charge in [0.2, 0.25) is 10.0 Å². The highest BCUT2D eigenvalue weighted by Gasteiger charge is 2.08. The van der Waals surface area contributed by atoms with Gasteiger partial charge >= 0.3 is 0 Å². The van der Waals surface area contributed by atoms with Crippen molar-refractivity contribution in [2.45, 2.75) is 13.8 Å². The third-order valence-corrected chi connectivity index (χ3v) is 3.80. The first-order chi connectivity index (χ1) is 6.44. The van der Waals surface area contributed by atoms with Gasteiger partial charge in [0.1, 0.15) is 0 Å². The highest BCUT2D eigenvalue weighted by Crippen LogP contribution is 2.18. The lowest BCUT2D eigenvalue weighted by atomic mass is 10.2. The van der Waals surface area contributed by atoms with E-state index in [0.29, 0.717) is 5.69 Å². The van der Waals surface area contributed by atoms with Crippen LogP contribution in [-0.4, -0.2) is 14.2 Å². The number of nitrogens with one attached hydrogen (secondary N) is 1. The zero-order chi connectivity index (χ0) is 10.8. The molecule has 0 saturated carbocycles. The maximum absolute atomic E-state index is 11.3. The van der Waals surface area contributed by atoms with Gasteiger partial charge in [-0.25, -0.2) is 8.42 Å². The minimum absolute atomic E-state index is 0.0957. The van der Waals surface area contributed by atoms with Crippen molar-refractivity contribution < 1.29 is 8.42 Å². The maximum Gasteiger partial charge on any atom is 0.232 e. The summed E-state index contributed by atoms with van der Waals surface area (Å²) < 4.78 is 26.2. The Hall–Kier alpha value is -0.300. The van der Waals surface area contributed by atoms with Crippen molar-refractivity contribution in [2.24, 2.45) is 0 Å². The van der Waals surface area contributed by atoms with Gasteiger partial charge in [0.15, 0.2) is 0 Å². The average Bonchev–Trinajstić information content (AvgIpc) is 2.10. The van der Waals surface area contributed by atoms with E-state index < -0.39 is 10.0 Å². The Labute approximate surface area is 98.1 Å². The second kappa shape index (κ2) is 4.48. The van der Waals surface area contributed by atoms with Crippen LogP contribution in [0.2, 0.25) is 0 Å². The van der Waals surface area contributed by atoms with Gasteiger partial charge in [-0.2, -0.15) is 0 Å². The molecule has 0 heterocycles. The molecule has 0 aliphatic carbocycles. The standard InChI is InChI=1S/C9H12INO2S/c1-3-14(12,13)11-9-5-4-8(10)6-7(9)2/h4-6,11H,3H2,1-2H3. The van der Waals surface area contributed by atoms with E-state index >= 15 is 0 Å². The molecule has 0 fully saturated rings. The summed E-state index contributed by atoms with van der Waals surface area (Å²) >= 11 is 2.19. The van der Waals surface area contributed by atoms with Crippen LogP contribution in [0.5, 0.6) is 0 Å². The molecule has 0 aliphatic heterocycles. The van der Waals surface area contributed by atoms with Gasteiger partial charge in [-0.15, -0.1) is 0 Å². The number of aryl methyl sites for hydroxylation is 1. The van der Waals surface area contributed by atoms with Crippen molar-refractivity contribution in [3.63, 3.8) is 0 Å². The summed E-state index contributed by atoms with van der Waals surface area (Å²) in [5, 5.41) is 0. The fraction of sp³-hybridized carbons (Fsp3) is 0.333. The lowest BCUT2D eigenvalue weighted by Crippen LogP contribution is -2.15. The molecule has 0 bridgehead atoms. The molecule has 0 unspecified atom stereocenters. The van der Waals surface area contributed by atoms with Crippen LogP contribution in [0.25, 0.3) is 0 Å². The van der Waals surface area contributed by atoms with Gasteiger partial charge in [-0.1, -0.05) is 0 Å². The number of hydrogen-bond donors (Lipinski definition) is 1. The maximum atomic E-state index is 11.3. The molecular formula is C9H12INO2S. The Kier molecular flexibility index (Phi) is 3.77. The Morgan fingerprint density at radius 3 is 2.57 bits per heavy atom. The molecule has 0 amide bonds. The van der Waals surface area contributed by atoms with Crippen LogP contribution in [0.3, 0.4) is 0 Å². The zero-order valence-corrected chi connectivity index (χ0v) is 11.0. The van der Waals surface area contributed by atoms with Crippen molar-refractivity contribution in [1.29, 1.82) is 0 Å². The van der Waals surface area contributed by atoms with E-state index in [9.17, 15) is 8.42 Å². The molecule has 0 saturated heterocycles. The Morgan fingerprint density at radius 2 is 2.07 bits per heavy atom. The third-order valence-electron chi connectivity index (χ3n) is 1.83. The lowest BCUT2D eigenvalue weighted by molar-refractivity contribution is 0.602. The second-order valence-corrected chi connectivity index (χ2v) is 6.22. The molecule has 0 aliphatic rings. The van der Waals surface area contributed by atoms with Crippen LogP contribution >= 0.6 is 22.6 Å². The van der Waals surface area contributed by atoms with E-state index in [1.54, 1.807) is 13.0 Å². The normalized spacial score (nSPS) is 11.4. The monoisotopic (exact) mass is 325 g/mol. The lowest BCUT2D eigenvalue weighted by Gasteiger charge is -2.08. The molecule has 14 heavy (non-hydrogen) atoms. The number of halogens is 1. The first-order valence-corrected chi connectivity index (χ1v) is 6.94. The van der Waals surface area contributed by atoms with E-state index in [4.69, 9.17) is 0 Å². The number of hydrogen-bond acceptors (Lipinski definition) is 2. The third kappa shape index (κ3) is 3.13. The van der Waals surface area contributed by atoms with Gasteiger partial charge in [0.05, 0.1) is 11.4 Å². The Balaban J connectivity index is 2.99. The number of anilines is 1. The minimum atomic E-state index is -3.16. The van der Waals surface area contributed by atoms with Crippen LogP contribution in [-0.2, 0) is 10.0 Å². The van der Waals surface area contributed by atoms with E-state index in [1.807, 2.05) is 19.1 Å². The molecule has 1 N–H and O–H groups in total. The largest absolute Gasteiger partial charge is 0.283 e. The summed E-state index contributed by atoms with van der Waals surface area (Å²) in [4.78, 5) is 0. The smallest absolute Gasteiger partial charge is 0.232 e. The highest BCUT2D eigenvalue weighted by molar-refractivity contribution is 14.1. The van der Waals surface area contributed by atoms with Crippen LogP contribution in [0.15, 0.2) is 18.2 Å². The highest BCUT2D eigenvalue weighted by atomic mass is 127. The van der Waals surface area contributed by atoms with E-state index in [1.165, 1.54) is 0 Å². The van der Waals surface area contributed by atoms with Gasteiger partial charge < -0.3 is 0 Å². The predicted octanol–water partition coefficient (Wildman–Crippen LogP) is 2.36. The Morgan fingerprint density at radius 1 is 1.43 bits per heavy atom.